The zero-order chi connectivity index (χ0) is 37.6. The fourth-order valence-corrected chi connectivity index (χ4v) is 7.92. The Morgan fingerprint density at radius 3 is 2.30 bits per heavy atom. The van der Waals surface area contributed by atoms with Crippen LogP contribution in [0.4, 0.5) is 5.13 Å². The van der Waals surface area contributed by atoms with Gasteiger partial charge >= 0.3 is 5.91 Å². The first-order chi connectivity index (χ1) is 26.3. The van der Waals surface area contributed by atoms with E-state index in [9.17, 15) is 14.7 Å². The van der Waals surface area contributed by atoms with Crippen LogP contribution in [-0.4, -0.2) is 34.1 Å². The second-order valence-corrected chi connectivity index (χ2v) is 15.0. The number of aliphatic hydroxyl groups excluding tert-OH is 1. The van der Waals surface area contributed by atoms with Gasteiger partial charge in [-0.15, -0.1) is 10.2 Å². The van der Waals surface area contributed by atoms with Crippen molar-refractivity contribution in [2.45, 2.75) is 36.3 Å². The summed E-state index contributed by atoms with van der Waals surface area (Å²) in [5.41, 5.74) is 4.92. The number of ether oxygens (including phenoxy) is 3. The minimum absolute atomic E-state index is 0.0981. The van der Waals surface area contributed by atoms with Crippen LogP contribution in [0.2, 0.25) is 5.02 Å². The van der Waals surface area contributed by atoms with Crippen LogP contribution in [0.25, 0.3) is 5.76 Å². The van der Waals surface area contributed by atoms with Gasteiger partial charge in [0.05, 0.1) is 18.7 Å². The fourth-order valence-electron chi connectivity index (χ4n) is 5.97. The number of halogens is 1. The Kier molecular flexibility index (Phi) is 11.3. The lowest BCUT2D eigenvalue weighted by Gasteiger charge is -2.23. The molecule has 0 aliphatic carbocycles. The molecule has 1 atom stereocenters. The highest BCUT2D eigenvalue weighted by atomic mass is 35.5. The molecule has 1 N–H and O–H groups in total. The van der Waals surface area contributed by atoms with Crippen molar-refractivity contribution >= 4 is 57.3 Å². The van der Waals surface area contributed by atoms with E-state index >= 15 is 0 Å². The molecule has 12 heteroatoms. The first-order valence-corrected chi connectivity index (χ1v) is 19.1. The molecular formula is C42H34ClN3O6S2. The van der Waals surface area contributed by atoms with E-state index in [0.717, 1.165) is 22.3 Å². The van der Waals surface area contributed by atoms with Gasteiger partial charge in [-0.1, -0.05) is 113 Å². The van der Waals surface area contributed by atoms with Gasteiger partial charge in [-0.05, 0) is 77.7 Å². The van der Waals surface area contributed by atoms with Crippen LogP contribution in [0.1, 0.15) is 39.4 Å². The molecule has 1 aliphatic heterocycles. The van der Waals surface area contributed by atoms with Crippen molar-refractivity contribution in [3.8, 4) is 17.2 Å². The molecule has 9 nitrogen and oxygen atoms in total. The summed E-state index contributed by atoms with van der Waals surface area (Å²) in [5.74, 6) is 0.00968. The average Bonchev–Trinajstić information content (AvgIpc) is 3.77. The van der Waals surface area contributed by atoms with Crippen LogP contribution in [-0.2, 0) is 28.6 Å². The van der Waals surface area contributed by atoms with Crippen LogP contribution < -0.4 is 19.1 Å². The number of ketones is 1. The molecule has 1 saturated heterocycles. The Hall–Kier alpha value is -5.62. The van der Waals surface area contributed by atoms with Crippen molar-refractivity contribution in [2.24, 2.45) is 0 Å². The van der Waals surface area contributed by atoms with Gasteiger partial charge in [0.25, 0.3) is 5.78 Å². The number of aliphatic hydroxyl groups is 1. The van der Waals surface area contributed by atoms with E-state index < -0.39 is 17.7 Å². The summed E-state index contributed by atoms with van der Waals surface area (Å²) in [6.45, 7) is 2.70. The normalized spacial score (nSPS) is 15.0. The van der Waals surface area contributed by atoms with Gasteiger partial charge in [-0.2, -0.15) is 0 Å². The Balaban J connectivity index is 1.21. The first kappa shape index (κ1) is 36.7. The maximum Gasteiger partial charge on any atom is 0.301 e. The molecule has 272 valence electrons. The Labute approximate surface area is 325 Å². The number of anilines is 1. The van der Waals surface area contributed by atoms with Crippen molar-refractivity contribution < 1.29 is 28.9 Å². The highest BCUT2D eigenvalue weighted by Crippen LogP contribution is 2.46. The molecule has 0 radical (unpaired) electrons. The van der Waals surface area contributed by atoms with Gasteiger partial charge in [0.15, 0.2) is 15.8 Å². The summed E-state index contributed by atoms with van der Waals surface area (Å²) in [6.07, 6.45) is 0. The Morgan fingerprint density at radius 2 is 1.56 bits per heavy atom. The maximum absolute atomic E-state index is 13.9. The van der Waals surface area contributed by atoms with Gasteiger partial charge in [-0.3, -0.25) is 14.5 Å². The lowest BCUT2D eigenvalue weighted by atomic mass is 9.95. The minimum Gasteiger partial charge on any atom is -0.507 e. The minimum atomic E-state index is -1.05. The number of hydrogen-bond donors (Lipinski definition) is 1. The number of hydrogen-bond acceptors (Lipinski definition) is 10. The number of aromatic nitrogens is 2. The third kappa shape index (κ3) is 8.28. The van der Waals surface area contributed by atoms with Crippen molar-refractivity contribution in [1.82, 2.24) is 10.2 Å². The average molecular weight is 776 g/mol. The number of thioether (sulfide) groups is 1. The van der Waals surface area contributed by atoms with E-state index in [0.29, 0.717) is 56.7 Å². The summed E-state index contributed by atoms with van der Waals surface area (Å²) < 4.78 is 18.4. The lowest BCUT2D eigenvalue weighted by Crippen LogP contribution is -2.29. The Bertz CT molecular complexity index is 2310. The fraction of sp³-hybridized carbons (Fsp3) is 0.143. The van der Waals surface area contributed by atoms with Gasteiger partial charge in [0.1, 0.15) is 24.7 Å². The molecule has 0 spiro atoms. The molecule has 1 aromatic heterocycles. The molecule has 1 aliphatic rings. The highest BCUT2D eigenvalue weighted by Gasteiger charge is 2.48. The number of nitrogens with zero attached hydrogens (tertiary/aromatic N) is 3. The van der Waals surface area contributed by atoms with E-state index in [2.05, 4.69) is 16.3 Å². The van der Waals surface area contributed by atoms with Crippen LogP contribution in [0.5, 0.6) is 17.2 Å². The summed E-state index contributed by atoms with van der Waals surface area (Å²) in [7, 11) is 1.52. The van der Waals surface area contributed by atoms with Crippen molar-refractivity contribution in [1.29, 1.82) is 0 Å². The van der Waals surface area contributed by atoms with Gasteiger partial charge in [0.2, 0.25) is 5.13 Å². The predicted octanol–water partition coefficient (Wildman–Crippen LogP) is 9.59. The van der Waals surface area contributed by atoms with Crippen LogP contribution in [0, 0.1) is 6.92 Å². The number of Topliss-reactive ketones (excluding diaryl/α,β-unsaturated/α-hetero) is 1. The van der Waals surface area contributed by atoms with Gasteiger partial charge in [-0.25, -0.2) is 0 Å². The SMILES string of the molecule is COc1cc(C2C(=C(O)c3ccc(OCc4cccc(C)c4)cc3)C(=O)C(=O)N2c2nnc(SCc3ccc(Cl)cc3)s2)ccc1OCc1ccccc1. The number of aryl methyl sites for hydroxylation is 1. The summed E-state index contributed by atoms with van der Waals surface area (Å²) in [5, 5.41) is 21.3. The molecule has 1 fully saturated rings. The summed E-state index contributed by atoms with van der Waals surface area (Å²) in [6, 6.07) is 36.1. The predicted molar refractivity (Wildman–Crippen MR) is 211 cm³/mol. The zero-order valence-corrected chi connectivity index (χ0v) is 31.7. The number of carbonyl (C=O) groups excluding carboxylic acids is 2. The molecule has 1 unspecified atom stereocenters. The monoisotopic (exact) mass is 775 g/mol. The van der Waals surface area contributed by atoms with Gasteiger partial charge < -0.3 is 19.3 Å². The summed E-state index contributed by atoms with van der Waals surface area (Å²) in [4.78, 5) is 29.1. The third-order valence-corrected chi connectivity index (χ3v) is 11.1. The first-order valence-electron chi connectivity index (χ1n) is 16.9. The standard InChI is InChI=1S/C42H34ClN3O6S2/c1-26-7-6-10-29(21-26)24-51-33-18-13-30(14-19-33)38(47)36-37(31-15-20-34(35(22-31)50-2)52-23-27-8-4-3-5-9-27)46(40(49)39(36)48)41-44-45-42(54-41)53-25-28-11-16-32(43)17-12-28/h3-22,37,47H,23-25H2,1-2H3. The Morgan fingerprint density at radius 1 is 0.815 bits per heavy atom. The molecule has 1 amide bonds. The van der Waals surface area contributed by atoms with E-state index in [1.54, 1.807) is 42.5 Å². The lowest BCUT2D eigenvalue weighted by molar-refractivity contribution is -0.132. The number of carbonyl (C=O) groups is 2. The smallest absolute Gasteiger partial charge is 0.301 e. The quantitative estimate of drug-likeness (QED) is 0.0403. The number of methoxy groups -OCH3 is 1. The van der Waals surface area contributed by atoms with Crippen LogP contribution in [0.15, 0.2) is 131 Å². The molecule has 6 aromatic rings. The van der Waals surface area contributed by atoms with E-state index in [4.69, 9.17) is 25.8 Å². The van der Waals surface area contributed by atoms with Crippen molar-refractivity contribution in [2.75, 3.05) is 12.0 Å². The van der Waals surface area contributed by atoms with E-state index in [-0.39, 0.29) is 16.5 Å². The zero-order valence-electron chi connectivity index (χ0n) is 29.3. The number of rotatable bonds is 13. The van der Waals surface area contributed by atoms with Gasteiger partial charge in [0, 0.05) is 16.3 Å². The molecule has 0 bridgehead atoms. The molecule has 5 aromatic carbocycles. The van der Waals surface area contributed by atoms with Crippen molar-refractivity contribution in [3.05, 3.63) is 165 Å². The van der Waals surface area contributed by atoms with Crippen LogP contribution >= 0.6 is 34.7 Å². The third-order valence-electron chi connectivity index (χ3n) is 8.68. The summed E-state index contributed by atoms with van der Waals surface area (Å²) >= 11 is 8.68. The second-order valence-electron chi connectivity index (χ2n) is 12.4. The topological polar surface area (TPSA) is 111 Å². The molecule has 0 saturated carbocycles. The maximum atomic E-state index is 13.9. The molecule has 7 rings (SSSR count). The van der Waals surface area contributed by atoms with Crippen LogP contribution in [0.3, 0.4) is 0 Å². The number of benzene rings is 5. The second kappa shape index (κ2) is 16.6. The molecule has 54 heavy (non-hydrogen) atoms. The van der Waals surface area contributed by atoms with Crippen molar-refractivity contribution in [3.63, 3.8) is 0 Å². The van der Waals surface area contributed by atoms with E-state index in [1.807, 2.05) is 79.7 Å². The molecule has 2 heterocycles. The largest absolute Gasteiger partial charge is 0.507 e. The van der Waals surface area contributed by atoms with E-state index in [1.165, 1.54) is 35.1 Å². The molecular weight excluding hydrogens is 742 g/mol. The highest BCUT2D eigenvalue weighted by molar-refractivity contribution is 8.00. The number of amides is 1.